The molecule has 0 aliphatic carbocycles. The van der Waals surface area contributed by atoms with Crippen molar-refractivity contribution in [3.8, 4) is 0 Å². The number of hydrogen-bond acceptors (Lipinski definition) is 12. The first kappa shape index (κ1) is 58.7. The van der Waals surface area contributed by atoms with Crippen LogP contribution in [0.2, 0.25) is 0 Å². The lowest BCUT2D eigenvalue weighted by Crippen LogP contribution is -2.44. The third-order valence-corrected chi connectivity index (χ3v) is 11.1. The van der Waals surface area contributed by atoms with Crippen LogP contribution in [0.1, 0.15) is 194 Å². The highest BCUT2D eigenvalue weighted by Crippen LogP contribution is 2.23. The zero-order valence-corrected chi connectivity index (χ0v) is 40.5. The zero-order chi connectivity index (χ0) is 45.1. The summed E-state index contributed by atoms with van der Waals surface area (Å²) in [6.07, 6.45) is 28.7. The molecule has 12 nitrogen and oxygen atoms in total. The molecule has 2 N–H and O–H groups in total. The SMILES string of the molecule is CCCCCCCCCCCCCC(=O)OCC(COC(=O)CCCCCCCCCCCCC)(COC(=O)CCNCCCN(C)C)COC(=O)CCNCCCN(C)C. The molecule has 12 heteroatoms. The monoisotopic (exact) mass is 869 g/mol. The van der Waals surface area contributed by atoms with E-state index in [1.165, 1.54) is 103 Å². The van der Waals surface area contributed by atoms with Crippen molar-refractivity contribution < 1.29 is 38.1 Å². The summed E-state index contributed by atoms with van der Waals surface area (Å²) in [6, 6.07) is 0. The number of carbonyl (C=O) groups is 4. The standard InChI is InChI=1S/C49H96N4O8/c1-7-9-11-13-15-17-19-21-23-25-27-31-45(54)58-41-49(43-60-47(56)33-37-50-35-29-39-52(3)4,44-61-48(57)34-38-51-36-30-40-53(5)6)42-59-46(55)32-28-26-24-22-20-18-16-14-12-10-8-2/h50-51H,7-44H2,1-6H3. The molecule has 61 heavy (non-hydrogen) atoms. The smallest absolute Gasteiger partial charge is 0.307 e. The summed E-state index contributed by atoms with van der Waals surface area (Å²) in [5, 5.41) is 6.56. The second-order valence-electron chi connectivity index (χ2n) is 18.0. The lowest BCUT2D eigenvalue weighted by Gasteiger charge is -2.31. The Morgan fingerprint density at radius 2 is 0.623 bits per heavy atom. The van der Waals surface area contributed by atoms with Gasteiger partial charge >= 0.3 is 23.9 Å². The van der Waals surface area contributed by atoms with Crippen LogP contribution in [-0.2, 0) is 38.1 Å². The van der Waals surface area contributed by atoms with Crippen molar-refractivity contribution in [2.75, 3.05) is 93.9 Å². The Kier molecular flexibility index (Phi) is 41.4. The van der Waals surface area contributed by atoms with Crippen LogP contribution in [0.5, 0.6) is 0 Å². The quantitative estimate of drug-likeness (QED) is 0.0343. The van der Waals surface area contributed by atoms with E-state index in [9.17, 15) is 19.2 Å². The fourth-order valence-electron chi connectivity index (χ4n) is 7.01. The van der Waals surface area contributed by atoms with Gasteiger partial charge in [0.2, 0.25) is 0 Å². The van der Waals surface area contributed by atoms with E-state index < -0.39 is 17.4 Å². The highest BCUT2D eigenvalue weighted by atomic mass is 16.6. The molecule has 0 heterocycles. The summed E-state index contributed by atoms with van der Waals surface area (Å²) >= 11 is 0. The Bertz CT molecular complexity index is 964. The average Bonchev–Trinajstić information content (AvgIpc) is 3.23. The fourth-order valence-corrected chi connectivity index (χ4v) is 7.01. The minimum atomic E-state index is -1.25. The van der Waals surface area contributed by atoms with Gasteiger partial charge in [0, 0.05) is 25.9 Å². The number of ether oxygens (including phenoxy) is 4. The molecule has 0 radical (unpaired) electrons. The van der Waals surface area contributed by atoms with E-state index in [0.29, 0.717) is 13.1 Å². The van der Waals surface area contributed by atoms with Crippen molar-refractivity contribution in [3.63, 3.8) is 0 Å². The molecule has 0 amide bonds. The van der Waals surface area contributed by atoms with Crippen LogP contribution >= 0.6 is 0 Å². The molecular weight excluding hydrogens is 773 g/mol. The maximum atomic E-state index is 13.1. The zero-order valence-electron chi connectivity index (χ0n) is 40.5. The molecule has 0 aromatic heterocycles. The normalized spacial score (nSPS) is 11.7. The summed E-state index contributed by atoms with van der Waals surface area (Å²) in [5.41, 5.74) is -1.25. The Morgan fingerprint density at radius 1 is 0.361 bits per heavy atom. The lowest BCUT2D eigenvalue weighted by molar-refractivity contribution is -0.170. The van der Waals surface area contributed by atoms with Gasteiger partial charge in [0.05, 0.1) is 12.8 Å². The first-order chi connectivity index (χ1) is 29.5. The lowest BCUT2D eigenvalue weighted by atomic mass is 9.92. The predicted octanol–water partition coefficient (Wildman–Crippen LogP) is 9.41. The van der Waals surface area contributed by atoms with E-state index in [1.807, 2.05) is 28.2 Å². The van der Waals surface area contributed by atoms with Gasteiger partial charge in [-0.1, -0.05) is 142 Å². The molecule has 360 valence electrons. The van der Waals surface area contributed by atoms with Crippen LogP contribution in [-0.4, -0.2) is 128 Å². The van der Waals surface area contributed by atoms with Crippen molar-refractivity contribution >= 4 is 23.9 Å². The van der Waals surface area contributed by atoms with Gasteiger partial charge in [-0.2, -0.15) is 0 Å². The number of rotatable bonds is 46. The van der Waals surface area contributed by atoms with Gasteiger partial charge in [-0.15, -0.1) is 0 Å². The van der Waals surface area contributed by atoms with E-state index in [4.69, 9.17) is 18.9 Å². The van der Waals surface area contributed by atoms with Gasteiger partial charge in [-0.3, -0.25) is 19.2 Å². The molecule has 0 aliphatic heterocycles. The van der Waals surface area contributed by atoms with Crippen molar-refractivity contribution in [3.05, 3.63) is 0 Å². The van der Waals surface area contributed by atoms with Crippen molar-refractivity contribution in [2.24, 2.45) is 5.41 Å². The van der Waals surface area contributed by atoms with Gasteiger partial charge in [-0.25, -0.2) is 0 Å². The Balaban J connectivity index is 5.41. The van der Waals surface area contributed by atoms with Gasteiger partial charge in [0.25, 0.3) is 0 Å². The van der Waals surface area contributed by atoms with Gasteiger partial charge in [0.1, 0.15) is 31.8 Å². The summed E-state index contributed by atoms with van der Waals surface area (Å²) in [6.45, 7) is 7.98. The molecule has 0 aromatic rings. The molecule has 0 saturated heterocycles. The summed E-state index contributed by atoms with van der Waals surface area (Å²) < 4.78 is 23.1. The van der Waals surface area contributed by atoms with Gasteiger partial charge in [0.15, 0.2) is 0 Å². The molecule has 0 bridgehead atoms. The number of hydrogen-bond donors (Lipinski definition) is 2. The topological polar surface area (TPSA) is 136 Å². The Morgan fingerprint density at radius 3 is 0.902 bits per heavy atom. The van der Waals surface area contributed by atoms with E-state index in [-0.39, 0.29) is 64.0 Å². The molecular formula is C49H96N4O8. The van der Waals surface area contributed by atoms with Crippen molar-refractivity contribution in [1.82, 2.24) is 20.4 Å². The van der Waals surface area contributed by atoms with Crippen LogP contribution in [0.15, 0.2) is 0 Å². The second kappa shape index (κ2) is 43.0. The summed E-state index contributed by atoms with van der Waals surface area (Å²) in [5.74, 6) is -1.60. The minimum absolute atomic E-state index is 0.147. The summed E-state index contributed by atoms with van der Waals surface area (Å²) in [4.78, 5) is 56.3. The predicted molar refractivity (Wildman–Crippen MR) is 250 cm³/mol. The van der Waals surface area contributed by atoms with Crippen LogP contribution in [0.3, 0.4) is 0 Å². The first-order valence-corrected chi connectivity index (χ1v) is 24.9. The van der Waals surface area contributed by atoms with Crippen LogP contribution < -0.4 is 10.6 Å². The van der Waals surface area contributed by atoms with E-state index in [0.717, 1.165) is 77.5 Å². The van der Waals surface area contributed by atoms with E-state index in [2.05, 4.69) is 34.3 Å². The van der Waals surface area contributed by atoms with Crippen LogP contribution in [0, 0.1) is 5.41 Å². The molecule has 0 atom stereocenters. The van der Waals surface area contributed by atoms with Crippen LogP contribution in [0.4, 0.5) is 0 Å². The Hall–Kier alpha value is -2.28. The van der Waals surface area contributed by atoms with Gasteiger partial charge in [-0.05, 0) is 80.1 Å². The highest BCUT2D eigenvalue weighted by molar-refractivity contribution is 5.71. The average molecular weight is 869 g/mol. The first-order valence-electron chi connectivity index (χ1n) is 24.9. The molecule has 0 spiro atoms. The number of nitrogens with zero attached hydrogens (tertiary/aromatic N) is 2. The number of unbranched alkanes of at least 4 members (excludes halogenated alkanes) is 20. The highest BCUT2D eigenvalue weighted by Gasteiger charge is 2.38. The van der Waals surface area contributed by atoms with Crippen molar-refractivity contribution in [1.29, 1.82) is 0 Å². The van der Waals surface area contributed by atoms with E-state index >= 15 is 0 Å². The summed E-state index contributed by atoms with van der Waals surface area (Å²) in [7, 11) is 8.10. The molecule has 0 aromatic carbocycles. The van der Waals surface area contributed by atoms with E-state index in [1.54, 1.807) is 0 Å². The van der Waals surface area contributed by atoms with Crippen molar-refractivity contribution in [2.45, 2.75) is 194 Å². The molecule has 0 fully saturated rings. The van der Waals surface area contributed by atoms with Crippen LogP contribution in [0.25, 0.3) is 0 Å². The number of esters is 4. The number of nitrogens with one attached hydrogen (secondary N) is 2. The number of carbonyl (C=O) groups excluding carboxylic acids is 4. The molecule has 0 rings (SSSR count). The third kappa shape index (κ3) is 41.5. The van der Waals surface area contributed by atoms with Gasteiger partial charge < -0.3 is 39.4 Å². The maximum Gasteiger partial charge on any atom is 0.307 e. The largest absolute Gasteiger partial charge is 0.465 e. The Labute approximate surface area is 374 Å². The molecule has 0 unspecified atom stereocenters. The molecule has 0 aliphatic rings. The fraction of sp³-hybridized carbons (Fsp3) is 0.918. The third-order valence-electron chi connectivity index (χ3n) is 11.1. The second-order valence-corrected chi connectivity index (χ2v) is 18.0. The maximum absolute atomic E-state index is 13.1. The minimum Gasteiger partial charge on any atom is -0.465 e. The molecule has 0 saturated carbocycles.